The fraction of sp³-hybridized carbons (Fsp3) is 0.312. The topological polar surface area (TPSA) is 68.8 Å². The summed E-state index contributed by atoms with van der Waals surface area (Å²) in [5.74, 6) is 1.27. The highest BCUT2D eigenvalue weighted by Crippen LogP contribution is 2.22. The maximum absolute atomic E-state index is 5.44. The summed E-state index contributed by atoms with van der Waals surface area (Å²) < 4.78 is 7.31. The van der Waals surface area contributed by atoms with Crippen molar-refractivity contribution in [1.82, 2.24) is 25.2 Å². The Morgan fingerprint density at radius 1 is 1.27 bits per heavy atom. The largest absolute Gasteiger partial charge is 0.334 e. The molecule has 0 saturated heterocycles. The van der Waals surface area contributed by atoms with E-state index in [1.165, 1.54) is 0 Å². The molecular weight excluding hydrogens is 278 g/mol. The lowest BCUT2D eigenvalue weighted by Gasteiger charge is -2.06. The summed E-state index contributed by atoms with van der Waals surface area (Å²) in [6.45, 7) is 2.76. The molecule has 0 aliphatic heterocycles. The average Bonchev–Trinajstić information content (AvgIpc) is 3.20. The van der Waals surface area contributed by atoms with Crippen LogP contribution in [0, 0.1) is 0 Å². The lowest BCUT2D eigenvalue weighted by molar-refractivity contribution is 0.417. The lowest BCUT2D eigenvalue weighted by atomic mass is 10.1. The molecule has 6 nitrogen and oxygen atoms in total. The third kappa shape index (κ3) is 3.23. The number of hydrogen-bond acceptors (Lipinski definition) is 5. The van der Waals surface area contributed by atoms with E-state index in [4.69, 9.17) is 4.52 Å². The van der Waals surface area contributed by atoms with Gasteiger partial charge in [-0.2, -0.15) is 10.1 Å². The third-order valence-corrected chi connectivity index (χ3v) is 3.59. The van der Waals surface area contributed by atoms with E-state index >= 15 is 0 Å². The second-order valence-corrected chi connectivity index (χ2v) is 5.27. The SMILES string of the molecule is CNC(C)Cc1noc(-c2ccccc2Cn2cccn2)n1. The van der Waals surface area contributed by atoms with Gasteiger partial charge in [0.05, 0.1) is 6.54 Å². The number of hydrogen-bond donors (Lipinski definition) is 1. The number of likely N-dealkylation sites (N-methyl/N-ethyl adjacent to an activating group) is 1. The summed E-state index contributed by atoms with van der Waals surface area (Å²) in [7, 11) is 1.92. The number of nitrogens with zero attached hydrogens (tertiary/aromatic N) is 4. The van der Waals surface area contributed by atoms with Gasteiger partial charge < -0.3 is 9.84 Å². The third-order valence-electron chi connectivity index (χ3n) is 3.59. The molecule has 1 atom stereocenters. The first kappa shape index (κ1) is 14.5. The first-order valence-corrected chi connectivity index (χ1v) is 7.32. The van der Waals surface area contributed by atoms with Crippen LogP contribution in [0.3, 0.4) is 0 Å². The Kier molecular flexibility index (Phi) is 4.29. The average molecular weight is 297 g/mol. The van der Waals surface area contributed by atoms with Crippen LogP contribution in [0.15, 0.2) is 47.2 Å². The van der Waals surface area contributed by atoms with Gasteiger partial charge in [0, 0.05) is 30.4 Å². The van der Waals surface area contributed by atoms with E-state index < -0.39 is 0 Å². The first-order chi connectivity index (χ1) is 10.8. The molecule has 0 bridgehead atoms. The highest BCUT2D eigenvalue weighted by atomic mass is 16.5. The molecule has 0 fully saturated rings. The molecule has 2 aromatic heterocycles. The monoisotopic (exact) mass is 297 g/mol. The standard InChI is InChI=1S/C16H19N5O/c1-12(17-2)10-15-19-16(22-20-15)14-7-4-3-6-13(14)11-21-9-5-8-18-21/h3-9,12,17H,10-11H2,1-2H3. The zero-order valence-electron chi connectivity index (χ0n) is 12.7. The Labute approximate surface area is 129 Å². The summed E-state index contributed by atoms with van der Waals surface area (Å²) >= 11 is 0. The lowest BCUT2D eigenvalue weighted by Crippen LogP contribution is -2.24. The van der Waals surface area contributed by atoms with Gasteiger partial charge >= 0.3 is 0 Å². The summed E-state index contributed by atoms with van der Waals surface area (Å²) in [6, 6.07) is 10.2. The van der Waals surface area contributed by atoms with Gasteiger partial charge in [-0.05, 0) is 31.7 Å². The Morgan fingerprint density at radius 2 is 2.14 bits per heavy atom. The molecule has 114 valence electrons. The molecule has 0 radical (unpaired) electrons. The molecule has 0 aliphatic rings. The Morgan fingerprint density at radius 3 is 2.91 bits per heavy atom. The quantitative estimate of drug-likeness (QED) is 0.755. The van der Waals surface area contributed by atoms with Crippen molar-refractivity contribution in [3.05, 3.63) is 54.1 Å². The van der Waals surface area contributed by atoms with E-state index in [0.717, 1.165) is 17.5 Å². The number of nitrogens with one attached hydrogen (secondary N) is 1. The van der Waals surface area contributed by atoms with Gasteiger partial charge in [0.2, 0.25) is 0 Å². The Bertz CT molecular complexity index is 720. The Hall–Kier alpha value is -2.47. The van der Waals surface area contributed by atoms with E-state index in [0.29, 0.717) is 24.3 Å². The van der Waals surface area contributed by atoms with Gasteiger partial charge in [-0.1, -0.05) is 23.4 Å². The van der Waals surface area contributed by atoms with Crippen LogP contribution in [0.25, 0.3) is 11.5 Å². The van der Waals surface area contributed by atoms with Crippen LogP contribution >= 0.6 is 0 Å². The van der Waals surface area contributed by atoms with Gasteiger partial charge in [-0.25, -0.2) is 0 Å². The van der Waals surface area contributed by atoms with Gasteiger partial charge in [0.15, 0.2) is 5.82 Å². The summed E-state index contributed by atoms with van der Waals surface area (Å²) in [6.07, 6.45) is 4.44. The van der Waals surface area contributed by atoms with E-state index in [-0.39, 0.29) is 0 Å². The molecule has 0 amide bonds. The number of rotatable bonds is 6. The van der Waals surface area contributed by atoms with Crippen molar-refractivity contribution in [3.63, 3.8) is 0 Å². The van der Waals surface area contributed by atoms with Crippen LogP contribution in [-0.2, 0) is 13.0 Å². The van der Waals surface area contributed by atoms with Crippen molar-refractivity contribution >= 4 is 0 Å². The molecule has 22 heavy (non-hydrogen) atoms. The van der Waals surface area contributed by atoms with E-state index in [1.54, 1.807) is 6.20 Å². The molecule has 1 unspecified atom stereocenters. The summed E-state index contributed by atoms with van der Waals surface area (Å²) in [5, 5.41) is 11.5. The molecule has 3 rings (SSSR count). The molecule has 3 aromatic rings. The van der Waals surface area contributed by atoms with Crippen molar-refractivity contribution in [2.75, 3.05) is 7.05 Å². The van der Waals surface area contributed by atoms with Crippen LogP contribution in [0.5, 0.6) is 0 Å². The molecule has 1 aromatic carbocycles. The van der Waals surface area contributed by atoms with E-state index in [2.05, 4.69) is 33.5 Å². The van der Waals surface area contributed by atoms with Crippen molar-refractivity contribution in [1.29, 1.82) is 0 Å². The molecule has 0 aliphatic carbocycles. The van der Waals surface area contributed by atoms with Crippen molar-refractivity contribution in [2.45, 2.75) is 25.9 Å². The minimum absolute atomic E-state index is 0.310. The van der Waals surface area contributed by atoms with Crippen LogP contribution < -0.4 is 5.32 Å². The van der Waals surface area contributed by atoms with Gasteiger partial charge in [0.1, 0.15) is 0 Å². The molecule has 1 N–H and O–H groups in total. The second-order valence-electron chi connectivity index (χ2n) is 5.27. The maximum atomic E-state index is 5.44. The van der Waals surface area contributed by atoms with Gasteiger partial charge in [-0.15, -0.1) is 0 Å². The molecule has 0 spiro atoms. The smallest absolute Gasteiger partial charge is 0.258 e. The minimum atomic E-state index is 0.310. The normalized spacial score (nSPS) is 12.5. The van der Waals surface area contributed by atoms with E-state index in [9.17, 15) is 0 Å². The summed E-state index contributed by atoms with van der Waals surface area (Å²) in [5.41, 5.74) is 2.05. The van der Waals surface area contributed by atoms with E-state index in [1.807, 2.05) is 42.2 Å². The molecule has 6 heteroatoms. The zero-order chi connectivity index (χ0) is 15.4. The van der Waals surface area contributed by atoms with Crippen LogP contribution in [0.2, 0.25) is 0 Å². The number of aromatic nitrogens is 4. The van der Waals surface area contributed by atoms with Crippen molar-refractivity contribution in [3.8, 4) is 11.5 Å². The fourth-order valence-electron chi connectivity index (χ4n) is 2.26. The van der Waals surface area contributed by atoms with Crippen LogP contribution in [0.4, 0.5) is 0 Å². The predicted octanol–water partition coefficient (Wildman–Crippen LogP) is 2.13. The first-order valence-electron chi connectivity index (χ1n) is 7.32. The van der Waals surface area contributed by atoms with Crippen LogP contribution in [0.1, 0.15) is 18.3 Å². The predicted molar refractivity (Wildman–Crippen MR) is 83.3 cm³/mol. The fourth-order valence-corrected chi connectivity index (χ4v) is 2.26. The highest BCUT2D eigenvalue weighted by molar-refractivity contribution is 5.58. The number of benzene rings is 1. The van der Waals surface area contributed by atoms with Gasteiger partial charge in [0.25, 0.3) is 5.89 Å². The van der Waals surface area contributed by atoms with Crippen molar-refractivity contribution < 1.29 is 4.52 Å². The maximum Gasteiger partial charge on any atom is 0.258 e. The molecule has 0 saturated carbocycles. The van der Waals surface area contributed by atoms with Crippen molar-refractivity contribution in [2.24, 2.45) is 0 Å². The van der Waals surface area contributed by atoms with Crippen LogP contribution in [-0.4, -0.2) is 33.0 Å². The highest BCUT2D eigenvalue weighted by Gasteiger charge is 2.14. The summed E-state index contributed by atoms with van der Waals surface area (Å²) in [4.78, 5) is 4.51. The molecular formula is C16H19N5O. The zero-order valence-corrected chi connectivity index (χ0v) is 12.7. The van der Waals surface area contributed by atoms with Gasteiger partial charge in [-0.3, -0.25) is 4.68 Å². The minimum Gasteiger partial charge on any atom is -0.334 e. The Balaban J connectivity index is 1.85. The molecule has 2 heterocycles. The second kappa shape index (κ2) is 6.53.